The van der Waals surface area contributed by atoms with Crippen molar-refractivity contribution in [3.05, 3.63) is 35.9 Å². The number of guanidine groups is 2. The van der Waals surface area contributed by atoms with Crippen LogP contribution in [0.4, 0.5) is 0 Å². The fourth-order valence-electron chi connectivity index (χ4n) is 13.3. The van der Waals surface area contributed by atoms with E-state index in [4.69, 9.17) is 75.4 Å². The molecule has 2 rings (SSSR count). The second-order valence-electron chi connectivity index (χ2n) is 33.7. The summed E-state index contributed by atoms with van der Waals surface area (Å²) in [7, 11) is 0. The topological polar surface area (TPSA) is 937 Å². The summed E-state index contributed by atoms with van der Waals surface area (Å²) in [6, 6.07) is -22.7. The van der Waals surface area contributed by atoms with Crippen LogP contribution < -0.4 is 115 Å². The fraction of sp³-hybridized carbons (Fsp3) is 0.607. The monoisotopic (exact) mass is 2050 g/mol. The first-order valence-corrected chi connectivity index (χ1v) is 46.1. The highest BCUT2D eigenvalue weighted by Gasteiger charge is 2.42. The first-order chi connectivity index (χ1) is 66.6. The standard InChI is InChI=1S/C84H130N24O32S2/c1-39(2)32-52(102-69(124)46(88)35-59(89)110)72(127)98-48(20-26-63(117)118)71(126)99-49(15-10-30-95-84(92)93)79(134)138-64(119)27-21-50(101-73(128)53(33-40(3)4)103-75(130)56(37-141)106-68(123)44(86)18-24-61(113)114)80(135)139-65(120)28-22-51(81(136)140-82(137)54(34-42-12-7-6-8-13-42)104-66(121)41(5)96-67(122)43(85)17-23-60(111)112)100-70(125)47(14-9-29-94-83(90)91)97-74(129)55(36-109)105-76(131)57(38-142)107-77(132)58-16-11-31-108(58)78(133)45(87)19-25-62(115)116/h6-8,12-13,36,39-41,43-58,141-142H,9-11,14-35,37-38,85-88H2,1-5H3,(H2,89,110)(H,96,122)(H,97,129)(H,98,127)(H,99,126)(H,100,125)(H,101,128)(H,102,124)(H,103,130)(H,104,121)(H,105,131)(H,106,123)(H,107,132)(H,111,112)(H,113,114)(H,115,116)(H,117,118)(H4,90,91,94)(H4,92,93,95)/t41-,43-,44-,45-,46-,47-,48-,49-,50-,51-,52-,53-,54-,55-,56-,57-,58-/m0/s1. The van der Waals surface area contributed by atoms with E-state index >= 15 is 0 Å². The van der Waals surface area contributed by atoms with E-state index in [2.05, 4.69) is 99.7 Å². The van der Waals surface area contributed by atoms with Crippen LogP contribution in [0.25, 0.3) is 0 Å². The number of rotatable bonds is 66. The molecule has 1 aromatic carbocycles. The van der Waals surface area contributed by atoms with E-state index in [-0.39, 0.29) is 82.3 Å². The SMILES string of the molecule is CC(C)C[C@H](NC(=O)[C@H](CS)NC(=O)[C@@H](N)CCC(=O)O)C(=O)N[C@@H](CCC(=O)OC(=O)[C@H](CCCNC(=N)N)NC(=O)[C@H](CCC(=O)O)NC(=O)[C@H](CC(C)C)NC(=O)[C@@H](N)CC(N)=O)C(=O)OC(=O)CC[C@H](NC(=O)[C@H](CCCNC(=N)N)NC(=O)[C@H](C=O)NC(=O)[C@H](CS)NC(=O)[C@@H]1CCCN1C(=O)[C@@H](N)CCC(=O)O)C(=O)OC(=O)[C@H](Cc1ccccc1)NC(=O)[C@H](C)NC(=O)[C@@H](N)CCC(=O)O. The van der Waals surface area contributed by atoms with Crippen molar-refractivity contribution < 1.29 is 155 Å². The van der Waals surface area contributed by atoms with Gasteiger partial charge in [-0.25, -0.2) is 19.2 Å². The van der Waals surface area contributed by atoms with E-state index < -0.39 is 371 Å². The van der Waals surface area contributed by atoms with Gasteiger partial charge in [0.25, 0.3) is 5.91 Å². The van der Waals surface area contributed by atoms with Gasteiger partial charge in [0.15, 0.2) is 24.2 Å². The molecule has 1 saturated heterocycles. The number of thiol groups is 2. The van der Waals surface area contributed by atoms with E-state index in [1.807, 2.05) is 0 Å². The lowest BCUT2D eigenvalue weighted by Crippen LogP contribution is -2.60. The Morgan fingerprint density at radius 1 is 0.408 bits per heavy atom. The molecule has 1 aliphatic heterocycles. The molecule has 56 nitrogen and oxygen atoms in total. The lowest BCUT2D eigenvalue weighted by Gasteiger charge is -2.28. The van der Waals surface area contributed by atoms with Crippen LogP contribution >= 0.6 is 25.3 Å². The third-order valence-corrected chi connectivity index (χ3v) is 21.6. The van der Waals surface area contributed by atoms with Gasteiger partial charge in [0.05, 0.1) is 30.6 Å². The van der Waals surface area contributed by atoms with Crippen molar-refractivity contribution in [2.24, 2.45) is 52.0 Å². The Hall–Kier alpha value is -14.2. The van der Waals surface area contributed by atoms with Crippen LogP contribution in [-0.2, 0) is 140 Å². The van der Waals surface area contributed by atoms with E-state index in [0.29, 0.717) is 0 Å². The third-order valence-electron chi connectivity index (χ3n) is 20.8. The number of aldehydes is 1. The number of carbonyl (C=O) groups is 25. The molecule has 1 fully saturated rings. The number of carboxylic acid groups (broad SMARTS) is 4. The van der Waals surface area contributed by atoms with Crippen molar-refractivity contribution in [3.8, 4) is 0 Å². The van der Waals surface area contributed by atoms with Gasteiger partial charge in [-0.2, -0.15) is 25.3 Å². The lowest BCUT2D eigenvalue weighted by atomic mass is 10.0. The number of ether oxygens (including phenoxy) is 3. The Morgan fingerprint density at radius 3 is 1.21 bits per heavy atom. The van der Waals surface area contributed by atoms with Crippen molar-refractivity contribution in [1.29, 1.82) is 10.8 Å². The molecular weight excluding hydrogens is 1920 g/mol. The van der Waals surface area contributed by atoms with E-state index in [1.54, 1.807) is 33.8 Å². The van der Waals surface area contributed by atoms with Gasteiger partial charge < -0.3 is 159 Å². The molecule has 0 bridgehead atoms. The number of nitrogens with zero attached hydrogens (tertiary/aromatic N) is 1. The first-order valence-electron chi connectivity index (χ1n) is 44.9. The number of amides is 14. The van der Waals surface area contributed by atoms with Crippen LogP contribution in [-0.4, -0.2) is 320 Å². The fourth-order valence-corrected chi connectivity index (χ4v) is 13.8. The molecule has 34 N–H and O–H groups in total. The summed E-state index contributed by atoms with van der Waals surface area (Å²) in [5.41, 5.74) is 39.9. The van der Waals surface area contributed by atoms with Crippen molar-refractivity contribution in [2.75, 3.05) is 31.1 Å². The molecule has 0 saturated carbocycles. The maximum Gasteiger partial charge on any atom is 0.336 e. The number of hydrogen-bond acceptors (Lipinski definition) is 36. The van der Waals surface area contributed by atoms with Crippen LogP contribution in [0.3, 0.4) is 0 Å². The molecule has 0 unspecified atom stereocenters. The Labute approximate surface area is 824 Å². The maximum absolute atomic E-state index is 14.9. The van der Waals surface area contributed by atoms with Crippen molar-refractivity contribution in [1.82, 2.24) is 79.3 Å². The molecule has 1 heterocycles. The van der Waals surface area contributed by atoms with Crippen molar-refractivity contribution >= 4 is 186 Å². The van der Waals surface area contributed by atoms with Gasteiger partial charge in [-0.05, 0) is 114 Å². The van der Waals surface area contributed by atoms with E-state index in [0.717, 1.165) is 11.8 Å². The summed E-state index contributed by atoms with van der Waals surface area (Å²) in [5.74, 6) is -34.9. The number of primary amides is 1. The molecule has 142 heavy (non-hydrogen) atoms. The highest BCUT2D eigenvalue weighted by atomic mass is 32.1. The smallest absolute Gasteiger partial charge is 0.336 e. The van der Waals surface area contributed by atoms with Gasteiger partial charge in [-0.1, -0.05) is 58.0 Å². The largest absolute Gasteiger partial charge is 0.481 e. The predicted molar refractivity (Wildman–Crippen MR) is 500 cm³/mol. The summed E-state index contributed by atoms with van der Waals surface area (Å²) < 4.78 is 15.7. The van der Waals surface area contributed by atoms with Crippen LogP contribution in [0, 0.1) is 22.7 Å². The number of nitrogens with one attached hydrogen (secondary N) is 16. The Kier molecular flexibility index (Phi) is 56.1. The third kappa shape index (κ3) is 48.1. The number of aliphatic carboxylic acids is 4. The lowest BCUT2D eigenvalue weighted by molar-refractivity contribution is -0.165. The molecule has 17 atom stereocenters. The number of nitrogens with two attached hydrogens (primary N) is 7. The molecule has 0 aromatic heterocycles. The van der Waals surface area contributed by atoms with Crippen molar-refractivity contribution in [3.63, 3.8) is 0 Å². The minimum absolute atomic E-state index is 0.00153. The minimum atomic E-state index is -2.41. The molecule has 790 valence electrons. The van der Waals surface area contributed by atoms with Gasteiger partial charge in [-0.15, -0.1) is 0 Å². The average Bonchev–Trinajstić information content (AvgIpc) is 1.65. The molecule has 0 aliphatic carbocycles. The molecule has 0 spiro atoms. The second kappa shape index (κ2) is 64.2. The number of benzene rings is 1. The normalized spacial score (nSPS) is 15.4. The maximum atomic E-state index is 14.9. The van der Waals surface area contributed by atoms with Crippen LogP contribution in [0.1, 0.15) is 175 Å². The number of hydrogen-bond donors (Lipinski definition) is 29. The molecule has 58 heteroatoms. The zero-order valence-electron chi connectivity index (χ0n) is 78.6. The summed E-state index contributed by atoms with van der Waals surface area (Å²) >= 11 is 8.27. The molecule has 14 amide bonds. The molecule has 1 aliphatic rings. The highest BCUT2D eigenvalue weighted by Crippen LogP contribution is 2.21. The Bertz CT molecular complexity index is 4650. The Morgan fingerprint density at radius 2 is 0.761 bits per heavy atom. The number of carbonyl (C=O) groups excluding carboxylic acids is 21. The summed E-state index contributed by atoms with van der Waals surface area (Å²) in [4.78, 5) is 338. The quantitative estimate of drug-likeness (QED) is 0.00421. The van der Waals surface area contributed by atoms with Gasteiger partial charge >= 0.3 is 59.7 Å². The second-order valence-corrected chi connectivity index (χ2v) is 34.4. The number of likely N-dealkylation sites (tertiary alicyclic amines) is 1. The average molecular weight is 2050 g/mol. The van der Waals surface area contributed by atoms with Gasteiger partial charge in [0, 0.05) is 76.1 Å². The number of esters is 6. The number of carboxylic acids is 4. The molecule has 0 radical (unpaired) electrons. The zero-order valence-corrected chi connectivity index (χ0v) is 80.4. The molecular formula is C84H130N24O32S2. The first kappa shape index (κ1) is 124. The van der Waals surface area contributed by atoms with Crippen LogP contribution in [0.5, 0.6) is 0 Å². The Balaban J connectivity index is 2.97. The summed E-state index contributed by atoms with van der Waals surface area (Å²) in [5, 5.41) is 84.5. The van der Waals surface area contributed by atoms with E-state index in [9.17, 15) is 130 Å². The van der Waals surface area contributed by atoms with Gasteiger partial charge in [0.1, 0.15) is 72.5 Å². The van der Waals surface area contributed by atoms with Crippen LogP contribution in [0.15, 0.2) is 30.3 Å². The van der Waals surface area contributed by atoms with Crippen molar-refractivity contribution in [2.45, 2.75) is 279 Å². The zero-order chi connectivity index (χ0) is 107. The van der Waals surface area contributed by atoms with Gasteiger partial charge in [-0.3, -0.25) is 107 Å². The molecule has 1 aromatic rings. The summed E-state index contributed by atoms with van der Waals surface area (Å²) in [6.07, 6.45) is -12.1. The van der Waals surface area contributed by atoms with E-state index in [1.165, 1.54) is 24.3 Å². The summed E-state index contributed by atoms with van der Waals surface area (Å²) in [6.45, 7) is 6.98. The van der Waals surface area contributed by atoms with Crippen LogP contribution in [0.2, 0.25) is 0 Å². The highest BCUT2D eigenvalue weighted by molar-refractivity contribution is 7.80. The van der Waals surface area contributed by atoms with Gasteiger partial charge in [0.2, 0.25) is 76.8 Å². The minimum Gasteiger partial charge on any atom is -0.481 e. The predicted octanol–water partition coefficient (Wildman–Crippen LogP) is -9.85.